The smallest absolute Gasteiger partial charge is 0.275 e. The lowest BCUT2D eigenvalue weighted by Crippen LogP contribution is -3.18. The van der Waals surface area contributed by atoms with E-state index in [1.807, 2.05) is 45.0 Å². The fraction of sp³-hybridized carbons (Fsp3) is 0.600. The lowest BCUT2D eigenvalue weighted by Gasteiger charge is -2.22. The van der Waals surface area contributed by atoms with Crippen molar-refractivity contribution in [3.05, 3.63) is 34.9 Å². The number of quaternary nitrogens is 2. The van der Waals surface area contributed by atoms with Gasteiger partial charge in [0.2, 0.25) is 0 Å². The number of rotatable bonds is 6. The summed E-state index contributed by atoms with van der Waals surface area (Å²) in [5, 5.41) is 6.71. The maximum Gasteiger partial charge on any atom is 0.275 e. The third-order valence-corrected chi connectivity index (χ3v) is 4.88. The molecule has 1 fully saturated rings. The van der Waals surface area contributed by atoms with Gasteiger partial charge < -0.3 is 20.4 Å². The second-order valence-corrected chi connectivity index (χ2v) is 8.84. The Hall–Kier alpha value is -1.63. The van der Waals surface area contributed by atoms with E-state index in [1.165, 1.54) is 9.80 Å². The van der Waals surface area contributed by atoms with E-state index < -0.39 is 0 Å². The van der Waals surface area contributed by atoms with Crippen molar-refractivity contribution in [2.45, 2.75) is 39.3 Å². The quantitative estimate of drug-likeness (QED) is 0.500. The molecule has 1 aliphatic heterocycles. The minimum absolute atomic E-state index is 0.0638. The van der Waals surface area contributed by atoms with Crippen LogP contribution in [0.1, 0.15) is 32.8 Å². The van der Waals surface area contributed by atoms with Gasteiger partial charge in [-0.15, -0.1) is 0 Å². The Kier molecular flexibility index (Phi) is 8.07. The summed E-state index contributed by atoms with van der Waals surface area (Å²) < 4.78 is 0. The van der Waals surface area contributed by atoms with Crippen LogP contribution in [0.5, 0.6) is 0 Å². The first kappa shape index (κ1) is 21.7. The molecule has 1 heterocycles. The predicted molar refractivity (Wildman–Crippen MR) is 107 cm³/mol. The van der Waals surface area contributed by atoms with Crippen LogP contribution in [-0.2, 0) is 16.1 Å². The van der Waals surface area contributed by atoms with Crippen molar-refractivity contribution in [2.75, 3.05) is 39.3 Å². The number of nitrogens with one attached hydrogen (secondary N) is 4. The topological polar surface area (TPSA) is 67.1 Å². The van der Waals surface area contributed by atoms with Crippen molar-refractivity contribution in [1.29, 1.82) is 0 Å². The lowest BCUT2D eigenvalue weighted by atomic mass is 10.1. The van der Waals surface area contributed by atoms with Crippen LogP contribution in [0.4, 0.5) is 0 Å². The molecule has 0 radical (unpaired) electrons. The number of carbonyl (C=O) groups excluding carboxylic acids is 2. The minimum Gasteiger partial charge on any atom is -0.347 e. The Morgan fingerprint density at radius 2 is 1.52 bits per heavy atom. The van der Waals surface area contributed by atoms with Crippen molar-refractivity contribution >= 4 is 23.4 Å². The first-order valence-electron chi connectivity index (χ1n) is 9.70. The lowest BCUT2D eigenvalue weighted by molar-refractivity contribution is -0.930. The number of carbonyl (C=O) groups is 2. The van der Waals surface area contributed by atoms with Gasteiger partial charge in [0.25, 0.3) is 11.8 Å². The van der Waals surface area contributed by atoms with Crippen LogP contribution in [0.3, 0.4) is 0 Å². The van der Waals surface area contributed by atoms with E-state index >= 15 is 0 Å². The first-order valence-corrected chi connectivity index (χ1v) is 10.1. The molecule has 6 nitrogen and oxygen atoms in total. The fourth-order valence-corrected chi connectivity index (χ4v) is 3.45. The predicted octanol–water partition coefficient (Wildman–Crippen LogP) is -0.956. The molecule has 0 aliphatic carbocycles. The number of benzene rings is 1. The van der Waals surface area contributed by atoms with E-state index in [0.29, 0.717) is 24.7 Å². The third-order valence-electron chi connectivity index (χ3n) is 4.63. The Labute approximate surface area is 167 Å². The molecule has 1 aromatic carbocycles. The fourth-order valence-electron chi connectivity index (χ4n) is 3.33. The maximum absolute atomic E-state index is 12.3. The van der Waals surface area contributed by atoms with Gasteiger partial charge in [0.1, 0.15) is 13.1 Å². The van der Waals surface area contributed by atoms with Crippen LogP contribution in [0.15, 0.2) is 24.3 Å². The SMILES string of the molecule is CC(C)(C)NC(=O)C[NH+]1CCC[NH+](CC(=O)NCc2ccc(Cl)cc2)CC1. The Bertz CT molecular complexity index is 628. The van der Waals surface area contributed by atoms with Crippen molar-refractivity contribution < 1.29 is 19.4 Å². The number of hydrogen-bond donors (Lipinski definition) is 4. The van der Waals surface area contributed by atoms with Crippen LogP contribution < -0.4 is 20.4 Å². The zero-order valence-corrected chi connectivity index (χ0v) is 17.4. The zero-order valence-electron chi connectivity index (χ0n) is 16.7. The largest absolute Gasteiger partial charge is 0.347 e. The number of halogens is 1. The molecule has 0 spiro atoms. The molecule has 2 amide bonds. The summed E-state index contributed by atoms with van der Waals surface area (Å²) in [6.45, 7) is 11.3. The summed E-state index contributed by atoms with van der Waals surface area (Å²) in [5.74, 6) is 0.163. The number of hydrogen-bond acceptors (Lipinski definition) is 2. The molecule has 2 rings (SSSR count). The Balaban J connectivity index is 1.71. The van der Waals surface area contributed by atoms with Gasteiger partial charge in [-0.05, 0) is 38.5 Å². The molecule has 2 atom stereocenters. The van der Waals surface area contributed by atoms with E-state index in [9.17, 15) is 9.59 Å². The van der Waals surface area contributed by atoms with Crippen LogP contribution in [0.2, 0.25) is 5.02 Å². The summed E-state index contributed by atoms with van der Waals surface area (Å²) in [6.07, 6.45) is 1.03. The van der Waals surface area contributed by atoms with Crippen LogP contribution in [0, 0.1) is 0 Å². The summed E-state index contributed by atoms with van der Waals surface area (Å²) in [6, 6.07) is 7.50. The van der Waals surface area contributed by atoms with Crippen LogP contribution >= 0.6 is 11.6 Å². The van der Waals surface area contributed by atoms with Gasteiger partial charge in [0, 0.05) is 23.5 Å². The average Bonchev–Trinajstić information content (AvgIpc) is 2.78. The second kappa shape index (κ2) is 10.1. The van der Waals surface area contributed by atoms with Gasteiger partial charge >= 0.3 is 0 Å². The zero-order chi connectivity index (χ0) is 19.9. The molecule has 1 aliphatic rings. The van der Waals surface area contributed by atoms with Gasteiger partial charge in [-0.1, -0.05) is 23.7 Å². The molecular weight excluding hydrogens is 364 g/mol. The molecule has 27 heavy (non-hydrogen) atoms. The number of amides is 2. The van der Waals surface area contributed by atoms with Gasteiger partial charge in [-0.25, -0.2) is 0 Å². The van der Waals surface area contributed by atoms with Gasteiger partial charge in [0.05, 0.1) is 13.1 Å². The normalized spacial score (nSPS) is 20.6. The molecule has 0 bridgehead atoms. The van der Waals surface area contributed by atoms with Gasteiger partial charge in [-0.3, -0.25) is 9.59 Å². The molecule has 2 unspecified atom stereocenters. The van der Waals surface area contributed by atoms with Crippen molar-refractivity contribution in [2.24, 2.45) is 0 Å². The second-order valence-electron chi connectivity index (χ2n) is 8.41. The summed E-state index contributed by atoms with van der Waals surface area (Å²) in [7, 11) is 0. The minimum atomic E-state index is -0.193. The third kappa shape index (κ3) is 8.73. The van der Waals surface area contributed by atoms with Crippen molar-refractivity contribution in [3.63, 3.8) is 0 Å². The molecule has 7 heteroatoms. The van der Waals surface area contributed by atoms with Gasteiger partial charge in [0.15, 0.2) is 13.1 Å². The highest BCUT2D eigenvalue weighted by molar-refractivity contribution is 6.30. The molecule has 0 saturated carbocycles. The standard InChI is InChI=1S/C20H31ClN4O2/c1-20(2,3)23-19(27)15-25-10-4-9-24(11-12-25)14-18(26)22-13-16-5-7-17(21)8-6-16/h5-8H,4,9-15H2,1-3H3,(H,22,26)(H,23,27)/p+2. The highest BCUT2D eigenvalue weighted by Crippen LogP contribution is 2.08. The van der Waals surface area contributed by atoms with Crippen LogP contribution in [0.25, 0.3) is 0 Å². The van der Waals surface area contributed by atoms with E-state index in [-0.39, 0.29) is 17.4 Å². The molecule has 0 aromatic heterocycles. The highest BCUT2D eigenvalue weighted by Gasteiger charge is 2.25. The van der Waals surface area contributed by atoms with Crippen LogP contribution in [-0.4, -0.2) is 56.6 Å². The Morgan fingerprint density at radius 1 is 0.963 bits per heavy atom. The summed E-state index contributed by atoms with van der Waals surface area (Å²) in [5.41, 5.74) is 0.848. The highest BCUT2D eigenvalue weighted by atomic mass is 35.5. The monoisotopic (exact) mass is 396 g/mol. The van der Waals surface area contributed by atoms with Crippen molar-refractivity contribution in [1.82, 2.24) is 10.6 Å². The van der Waals surface area contributed by atoms with Crippen molar-refractivity contribution in [3.8, 4) is 0 Å². The maximum atomic E-state index is 12.3. The molecule has 1 aromatic rings. The molecule has 4 N–H and O–H groups in total. The summed E-state index contributed by atoms with van der Waals surface area (Å²) in [4.78, 5) is 27.0. The van der Waals surface area contributed by atoms with E-state index in [4.69, 9.17) is 11.6 Å². The first-order chi connectivity index (χ1) is 12.7. The van der Waals surface area contributed by atoms with E-state index in [1.54, 1.807) is 0 Å². The molecule has 150 valence electrons. The van der Waals surface area contributed by atoms with Gasteiger partial charge in [-0.2, -0.15) is 0 Å². The molecule has 1 saturated heterocycles. The van der Waals surface area contributed by atoms with E-state index in [2.05, 4.69) is 10.6 Å². The molecular formula is C20H33ClN4O2+2. The Morgan fingerprint density at radius 3 is 2.07 bits per heavy atom. The average molecular weight is 397 g/mol. The van der Waals surface area contributed by atoms with E-state index in [0.717, 1.165) is 38.2 Å². The summed E-state index contributed by atoms with van der Waals surface area (Å²) >= 11 is 5.88.